The number of hydrogen-bond donors (Lipinski definition) is 0. The molecule has 1 heteroatoms. The van der Waals surface area contributed by atoms with Gasteiger partial charge in [0, 0.05) is 6.42 Å². The molecule has 0 fully saturated rings. The van der Waals surface area contributed by atoms with Gasteiger partial charge in [0.05, 0.1) is 0 Å². The smallest absolute Gasteiger partial charge is 0.155 e. The van der Waals surface area contributed by atoms with Gasteiger partial charge in [-0.1, -0.05) is 18.2 Å². The molecule has 0 aromatic heterocycles. The van der Waals surface area contributed by atoms with Crippen molar-refractivity contribution >= 4 is 5.78 Å². The van der Waals surface area contributed by atoms with Gasteiger partial charge in [0.2, 0.25) is 0 Å². The normalized spacial score (nSPS) is 19.3. The summed E-state index contributed by atoms with van der Waals surface area (Å²) in [7, 11) is 0. The lowest BCUT2D eigenvalue weighted by atomic mass is 10.1. The van der Waals surface area contributed by atoms with Gasteiger partial charge in [-0.3, -0.25) is 4.79 Å². The van der Waals surface area contributed by atoms with E-state index in [1.54, 1.807) is 6.08 Å². The van der Waals surface area contributed by atoms with Crippen LogP contribution in [-0.4, -0.2) is 5.78 Å². The maximum atomic E-state index is 10.7. The maximum Gasteiger partial charge on any atom is 0.155 e. The number of rotatable bonds is 0. The largest absolute Gasteiger partial charge is 0.295 e. The van der Waals surface area contributed by atoms with E-state index in [4.69, 9.17) is 0 Å². The van der Waals surface area contributed by atoms with E-state index in [0.717, 1.165) is 12.8 Å². The fourth-order valence-electron chi connectivity index (χ4n) is 0.801. The third-order valence-corrected chi connectivity index (χ3v) is 1.30. The van der Waals surface area contributed by atoms with E-state index in [1.807, 2.05) is 6.08 Å². The van der Waals surface area contributed by atoms with Crippen LogP contribution in [0.4, 0.5) is 0 Å². The van der Waals surface area contributed by atoms with Gasteiger partial charge in [0.25, 0.3) is 0 Å². The summed E-state index contributed by atoms with van der Waals surface area (Å²) in [6.45, 7) is 0. The Balaban J connectivity index is 2.50. The summed E-state index contributed by atoms with van der Waals surface area (Å²) >= 11 is 0. The molecule has 0 saturated heterocycles. The molecule has 0 aromatic rings. The topological polar surface area (TPSA) is 17.1 Å². The molecular weight excluding hydrogens is 112 g/mol. The van der Waals surface area contributed by atoms with Crippen LogP contribution in [0.25, 0.3) is 0 Å². The lowest BCUT2D eigenvalue weighted by Gasteiger charge is -1.93. The molecule has 0 unspecified atom stereocenters. The number of carbonyl (C=O) groups excluding carboxylic acids is 1. The number of carbonyl (C=O) groups is 1. The van der Waals surface area contributed by atoms with Crippen LogP contribution in [0.5, 0.6) is 0 Å². The first-order chi connectivity index (χ1) is 4.39. The molecule has 1 rings (SSSR count). The Kier molecular flexibility index (Phi) is 2.25. The van der Waals surface area contributed by atoms with E-state index in [0.29, 0.717) is 6.42 Å². The van der Waals surface area contributed by atoms with Crippen LogP contribution in [0.1, 0.15) is 19.3 Å². The van der Waals surface area contributed by atoms with E-state index >= 15 is 0 Å². The first-order valence-corrected chi connectivity index (χ1v) is 3.24. The van der Waals surface area contributed by atoms with Crippen molar-refractivity contribution in [3.8, 4) is 0 Å². The summed E-state index contributed by atoms with van der Waals surface area (Å²) in [5, 5.41) is 0. The van der Waals surface area contributed by atoms with Crippen LogP contribution >= 0.6 is 0 Å². The van der Waals surface area contributed by atoms with E-state index in [9.17, 15) is 4.79 Å². The highest BCUT2D eigenvalue weighted by Crippen LogP contribution is 2.00. The first-order valence-electron chi connectivity index (χ1n) is 3.24. The third kappa shape index (κ3) is 2.27. The Morgan fingerprint density at radius 3 is 3.00 bits per heavy atom. The molecule has 1 aliphatic carbocycles. The lowest BCUT2D eigenvalue weighted by Crippen LogP contribution is -1.91. The molecule has 0 radical (unpaired) electrons. The van der Waals surface area contributed by atoms with E-state index in [2.05, 4.69) is 12.2 Å². The fourth-order valence-corrected chi connectivity index (χ4v) is 0.801. The van der Waals surface area contributed by atoms with Crippen molar-refractivity contribution in [3.63, 3.8) is 0 Å². The first kappa shape index (κ1) is 6.27. The summed E-state index contributed by atoms with van der Waals surface area (Å²) in [5.41, 5.74) is 0. The average Bonchev–Trinajstić information content (AvgIpc) is 1.79. The molecule has 48 valence electrons. The van der Waals surface area contributed by atoms with Crippen molar-refractivity contribution in [2.24, 2.45) is 0 Å². The van der Waals surface area contributed by atoms with Crippen LogP contribution in [0.15, 0.2) is 24.3 Å². The van der Waals surface area contributed by atoms with Gasteiger partial charge >= 0.3 is 0 Å². The van der Waals surface area contributed by atoms with Gasteiger partial charge in [0.1, 0.15) is 0 Å². The molecule has 9 heavy (non-hydrogen) atoms. The Hall–Kier alpha value is -0.850. The molecule has 0 amide bonds. The second kappa shape index (κ2) is 3.23. The Morgan fingerprint density at radius 1 is 1.22 bits per heavy atom. The van der Waals surface area contributed by atoms with Gasteiger partial charge in [0.15, 0.2) is 5.78 Å². The predicted molar refractivity (Wildman–Crippen MR) is 37.1 cm³/mol. The van der Waals surface area contributed by atoms with Gasteiger partial charge in [-0.25, -0.2) is 0 Å². The predicted octanol–water partition coefficient (Wildman–Crippen LogP) is 1.85. The number of hydrogen-bond acceptors (Lipinski definition) is 1. The van der Waals surface area contributed by atoms with Crippen LogP contribution in [0, 0.1) is 0 Å². The Labute approximate surface area is 55.1 Å². The van der Waals surface area contributed by atoms with Crippen LogP contribution < -0.4 is 0 Å². The van der Waals surface area contributed by atoms with Crippen molar-refractivity contribution in [1.29, 1.82) is 0 Å². The molecule has 0 heterocycles. The SMILES string of the molecule is O=C1C=CCC=CCC1. The Bertz CT molecular complexity index is 154. The average molecular weight is 122 g/mol. The number of ketones is 1. The highest BCUT2D eigenvalue weighted by atomic mass is 16.1. The zero-order valence-corrected chi connectivity index (χ0v) is 5.34. The monoisotopic (exact) mass is 122 g/mol. The second-order valence-electron chi connectivity index (χ2n) is 2.11. The number of allylic oxidation sites excluding steroid dienone is 4. The van der Waals surface area contributed by atoms with Gasteiger partial charge < -0.3 is 0 Å². The van der Waals surface area contributed by atoms with E-state index < -0.39 is 0 Å². The van der Waals surface area contributed by atoms with Crippen LogP contribution in [0.3, 0.4) is 0 Å². The standard InChI is InChI=1S/C8H10O/c9-8-6-4-2-1-3-5-7-8/h1-2,5,7H,3-4,6H2. The molecule has 0 N–H and O–H groups in total. The van der Waals surface area contributed by atoms with Crippen molar-refractivity contribution in [1.82, 2.24) is 0 Å². The molecule has 0 aliphatic heterocycles. The molecule has 0 aromatic carbocycles. The lowest BCUT2D eigenvalue weighted by molar-refractivity contribution is -0.114. The van der Waals surface area contributed by atoms with Crippen molar-refractivity contribution < 1.29 is 4.79 Å². The van der Waals surface area contributed by atoms with Crippen molar-refractivity contribution in [2.45, 2.75) is 19.3 Å². The van der Waals surface area contributed by atoms with Gasteiger partial charge in [-0.05, 0) is 18.9 Å². The molecule has 0 bridgehead atoms. The fraction of sp³-hybridized carbons (Fsp3) is 0.375. The van der Waals surface area contributed by atoms with Crippen molar-refractivity contribution in [2.75, 3.05) is 0 Å². The summed E-state index contributed by atoms with van der Waals surface area (Å²) in [6, 6.07) is 0. The second-order valence-corrected chi connectivity index (χ2v) is 2.11. The van der Waals surface area contributed by atoms with Gasteiger partial charge in [-0.2, -0.15) is 0 Å². The van der Waals surface area contributed by atoms with E-state index in [-0.39, 0.29) is 5.78 Å². The zero-order chi connectivity index (χ0) is 6.53. The third-order valence-electron chi connectivity index (χ3n) is 1.30. The van der Waals surface area contributed by atoms with Crippen LogP contribution in [-0.2, 0) is 4.79 Å². The minimum absolute atomic E-state index is 0.249. The highest BCUT2D eigenvalue weighted by Gasteiger charge is 1.94. The van der Waals surface area contributed by atoms with Crippen molar-refractivity contribution in [3.05, 3.63) is 24.3 Å². The quantitative estimate of drug-likeness (QED) is 0.448. The van der Waals surface area contributed by atoms with Gasteiger partial charge in [-0.15, -0.1) is 0 Å². The van der Waals surface area contributed by atoms with E-state index in [1.165, 1.54) is 0 Å². The molecule has 1 aliphatic rings. The highest BCUT2D eigenvalue weighted by molar-refractivity contribution is 5.89. The summed E-state index contributed by atoms with van der Waals surface area (Å²) in [4.78, 5) is 10.7. The molecular formula is C8H10O. The summed E-state index contributed by atoms with van der Waals surface area (Å²) in [5.74, 6) is 0.249. The Morgan fingerprint density at radius 2 is 2.11 bits per heavy atom. The molecule has 0 saturated carbocycles. The molecule has 0 atom stereocenters. The van der Waals surface area contributed by atoms with Crippen LogP contribution in [0.2, 0.25) is 0 Å². The maximum absolute atomic E-state index is 10.7. The summed E-state index contributed by atoms with van der Waals surface area (Å²) in [6.07, 6.45) is 10.2. The molecule has 1 nitrogen and oxygen atoms in total. The molecule has 0 spiro atoms. The zero-order valence-electron chi connectivity index (χ0n) is 5.34. The minimum Gasteiger partial charge on any atom is -0.295 e. The summed E-state index contributed by atoms with van der Waals surface area (Å²) < 4.78 is 0. The minimum atomic E-state index is 0.249.